The number of rotatable bonds is 8. The highest BCUT2D eigenvalue weighted by atomic mass is 16.5. The summed E-state index contributed by atoms with van der Waals surface area (Å²) in [4.78, 5) is 4.29. The number of aromatic nitrogens is 1. The number of ether oxygens (including phenoxy) is 1. The first-order valence-corrected chi connectivity index (χ1v) is 7.21. The monoisotopic (exact) mass is 270 g/mol. The maximum Gasteiger partial charge on any atom is 0.119 e. The highest BCUT2D eigenvalue weighted by Gasteiger charge is 1.98. The molecule has 3 nitrogen and oxygen atoms in total. The molecule has 2 aromatic rings. The van der Waals surface area contributed by atoms with E-state index in [0.29, 0.717) is 6.61 Å². The average Bonchev–Trinajstić information content (AvgIpc) is 2.49. The van der Waals surface area contributed by atoms with Crippen molar-refractivity contribution in [3.63, 3.8) is 0 Å². The molecular formula is C17H22N2O. The van der Waals surface area contributed by atoms with Crippen LogP contribution in [0.2, 0.25) is 0 Å². The van der Waals surface area contributed by atoms with E-state index in [4.69, 9.17) is 4.74 Å². The van der Waals surface area contributed by atoms with Gasteiger partial charge in [0.15, 0.2) is 0 Å². The topological polar surface area (TPSA) is 34.1 Å². The number of benzene rings is 1. The van der Waals surface area contributed by atoms with Crippen molar-refractivity contribution >= 4 is 0 Å². The first kappa shape index (κ1) is 14.5. The maximum atomic E-state index is 5.79. The van der Waals surface area contributed by atoms with Gasteiger partial charge in [0, 0.05) is 24.9 Å². The van der Waals surface area contributed by atoms with E-state index in [9.17, 15) is 0 Å². The molecule has 0 bridgehead atoms. The van der Waals surface area contributed by atoms with Gasteiger partial charge in [-0.15, -0.1) is 0 Å². The summed E-state index contributed by atoms with van der Waals surface area (Å²) >= 11 is 0. The van der Waals surface area contributed by atoms with Crippen LogP contribution < -0.4 is 10.1 Å². The van der Waals surface area contributed by atoms with Gasteiger partial charge in [0.05, 0.1) is 6.61 Å². The molecule has 3 heteroatoms. The summed E-state index contributed by atoms with van der Waals surface area (Å²) < 4.78 is 5.79. The molecule has 106 valence electrons. The van der Waals surface area contributed by atoms with E-state index in [-0.39, 0.29) is 0 Å². The van der Waals surface area contributed by atoms with Gasteiger partial charge in [-0.25, -0.2) is 0 Å². The van der Waals surface area contributed by atoms with Gasteiger partial charge in [-0.05, 0) is 42.8 Å². The zero-order valence-corrected chi connectivity index (χ0v) is 12.0. The summed E-state index contributed by atoms with van der Waals surface area (Å²) in [6, 6.07) is 14.2. The Morgan fingerprint density at radius 1 is 1.15 bits per heavy atom. The molecule has 0 aliphatic heterocycles. The van der Waals surface area contributed by atoms with Crippen LogP contribution in [0.25, 0.3) is 0 Å². The Morgan fingerprint density at radius 3 is 2.90 bits per heavy atom. The van der Waals surface area contributed by atoms with E-state index in [2.05, 4.69) is 29.4 Å². The van der Waals surface area contributed by atoms with E-state index in [1.54, 1.807) is 0 Å². The smallest absolute Gasteiger partial charge is 0.119 e. The van der Waals surface area contributed by atoms with E-state index in [1.807, 2.05) is 36.5 Å². The molecular weight excluding hydrogens is 248 g/mol. The zero-order chi connectivity index (χ0) is 14.0. The summed E-state index contributed by atoms with van der Waals surface area (Å²) in [7, 11) is 0. The third-order valence-electron chi connectivity index (χ3n) is 3.01. The van der Waals surface area contributed by atoms with E-state index < -0.39 is 0 Å². The highest BCUT2D eigenvalue weighted by molar-refractivity contribution is 5.28. The van der Waals surface area contributed by atoms with Crippen LogP contribution in [0.4, 0.5) is 0 Å². The molecule has 0 aliphatic carbocycles. The molecule has 0 unspecified atom stereocenters. The SMILES string of the molecule is CCCNCc1cccc(OCCc2ccccn2)c1. The van der Waals surface area contributed by atoms with Gasteiger partial charge in [-0.3, -0.25) is 4.98 Å². The average molecular weight is 270 g/mol. The first-order chi connectivity index (χ1) is 9.88. The van der Waals surface area contributed by atoms with Crippen LogP contribution in [-0.4, -0.2) is 18.1 Å². The van der Waals surface area contributed by atoms with Gasteiger partial charge in [-0.2, -0.15) is 0 Å². The van der Waals surface area contributed by atoms with E-state index in [0.717, 1.165) is 37.4 Å². The van der Waals surface area contributed by atoms with Gasteiger partial charge in [-0.1, -0.05) is 25.1 Å². The van der Waals surface area contributed by atoms with Crippen LogP contribution in [0.15, 0.2) is 48.7 Å². The predicted molar refractivity (Wildman–Crippen MR) is 81.9 cm³/mol. The van der Waals surface area contributed by atoms with Crippen LogP contribution in [0.3, 0.4) is 0 Å². The Bertz CT molecular complexity index is 499. The minimum Gasteiger partial charge on any atom is -0.493 e. The van der Waals surface area contributed by atoms with E-state index >= 15 is 0 Å². The summed E-state index contributed by atoms with van der Waals surface area (Å²) in [5.41, 5.74) is 2.32. The van der Waals surface area contributed by atoms with Crippen molar-refractivity contribution in [3.8, 4) is 5.75 Å². The Morgan fingerprint density at radius 2 is 2.10 bits per heavy atom. The van der Waals surface area contributed by atoms with Crippen molar-refractivity contribution in [2.24, 2.45) is 0 Å². The third kappa shape index (κ3) is 5.02. The lowest BCUT2D eigenvalue weighted by molar-refractivity contribution is 0.320. The fourth-order valence-corrected chi connectivity index (χ4v) is 1.97. The number of pyridine rings is 1. The number of nitrogens with one attached hydrogen (secondary N) is 1. The maximum absolute atomic E-state index is 5.79. The van der Waals surface area contributed by atoms with Gasteiger partial charge >= 0.3 is 0 Å². The fourth-order valence-electron chi connectivity index (χ4n) is 1.97. The minimum absolute atomic E-state index is 0.656. The molecule has 0 fully saturated rings. The largest absolute Gasteiger partial charge is 0.493 e. The standard InChI is InChI=1S/C17H22N2O/c1-2-10-18-14-15-6-5-8-17(13-15)20-12-9-16-7-3-4-11-19-16/h3-8,11,13,18H,2,9-10,12,14H2,1H3. The summed E-state index contributed by atoms with van der Waals surface area (Å²) in [6.45, 7) is 4.77. The van der Waals surface area contributed by atoms with E-state index in [1.165, 1.54) is 5.56 Å². The predicted octanol–water partition coefficient (Wildman–Crippen LogP) is 3.20. The van der Waals surface area contributed by atoms with Crippen LogP contribution in [0.1, 0.15) is 24.6 Å². The third-order valence-corrected chi connectivity index (χ3v) is 3.01. The lowest BCUT2D eigenvalue weighted by Crippen LogP contribution is -2.13. The molecule has 1 aromatic heterocycles. The number of hydrogen-bond acceptors (Lipinski definition) is 3. The molecule has 1 heterocycles. The van der Waals surface area contributed by atoms with Crippen LogP contribution in [-0.2, 0) is 13.0 Å². The van der Waals surface area contributed by atoms with Crippen LogP contribution >= 0.6 is 0 Å². The first-order valence-electron chi connectivity index (χ1n) is 7.21. The second kappa shape index (κ2) is 8.33. The molecule has 20 heavy (non-hydrogen) atoms. The quantitative estimate of drug-likeness (QED) is 0.748. The Labute approximate surface area is 121 Å². The fraction of sp³-hybridized carbons (Fsp3) is 0.353. The van der Waals surface area contributed by atoms with Crippen molar-refractivity contribution in [1.29, 1.82) is 0 Å². The van der Waals surface area contributed by atoms with Crippen molar-refractivity contribution in [2.75, 3.05) is 13.2 Å². The Kier molecular flexibility index (Phi) is 6.06. The molecule has 1 aromatic carbocycles. The Hall–Kier alpha value is -1.87. The minimum atomic E-state index is 0.656. The lowest BCUT2D eigenvalue weighted by atomic mass is 10.2. The lowest BCUT2D eigenvalue weighted by Gasteiger charge is -2.08. The zero-order valence-electron chi connectivity index (χ0n) is 12.0. The number of nitrogens with zero attached hydrogens (tertiary/aromatic N) is 1. The van der Waals surface area contributed by atoms with Gasteiger partial charge < -0.3 is 10.1 Å². The number of hydrogen-bond donors (Lipinski definition) is 1. The van der Waals surface area contributed by atoms with Crippen molar-refractivity contribution < 1.29 is 4.74 Å². The van der Waals surface area contributed by atoms with Crippen molar-refractivity contribution in [2.45, 2.75) is 26.3 Å². The van der Waals surface area contributed by atoms with Crippen LogP contribution in [0.5, 0.6) is 5.75 Å². The molecule has 0 spiro atoms. The summed E-state index contributed by atoms with van der Waals surface area (Å²) in [6.07, 6.45) is 3.80. The molecule has 2 rings (SSSR count). The highest BCUT2D eigenvalue weighted by Crippen LogP contribution is 2.13. The van der Waals surface area contributed by atoms with Gasteiger partial charge in [0.1, 0.15) is 5.75 Å². The molecule has 1 N–H and O–H groups in total. The molecule has 0 saturated carbocycles. The molecule has 0 atom stereocenters. The second-order valence-corrected chi connectivity index (χ2v) is 4.74. The molecule has 0 amide bonds. The van der Waals surface area contributed by atoms with Crippen molar-refractivity contribution in [3.05, 3.63) is 59.9 Å². The summed E-state index contributed by atoms with van der Waals surface area (Å²) in [5.74, 6) is 0.928. The normalized spacial score (nSPS) is 10.4. The second-order valence-electron chi connectivity index (χ2n) is 4.74. The van der Waals surface area contributed by atoms with Crippen molar-refractivity contribution in [1.82, 2.24) is 10.3 Å². The molecule has 0 radical (unpaired) electrons. The van der Waals surface area contributed by atoms with Crippen LogP contribution in [0, 0.1) is 0 Å². The van der Waals surface area contributed by atoms with Gasteiger partial charge in [0.2, 0.25) is 0 Å². The summed E-state index contributed by atoms with van der Waals surface area (Å²) in [5, 5.41) is 3.39. The molecule has 0 saturated heterocycles. The Balaban J connectivity index is 1.79. The molecule has 0 aliphatic rings. The van der Waals surface area contributed by atoms with Gasteiger partial charge in [0.25, 0.3) is 0 Å².